The molecule has 12 heavy (non-hydrogen) atoms. The maximum absolute atomic E-state index is 10.8. The number of ketones is 1. The molecule has 0 amide bonds. The van der Waals surface area contributed by atoms with Crippen LogP contribution >= 0.6 is 0 Å². The third-order valence-electron chi connectivity index (χ3n) is 1.55. The fourth-order valence-corrected chi connectivity index (χ4v) is 0.937. The molecule has 68 valence electrons. The molecule has 0 aliphatic carbocycles. The predicted molar refractivity (Wildman–Crippen MR) is 43.0 cm³/mol. The highest BCUT2D eigenvalue weighted by molar-refractivity contribution is 5.92. The maximum atomic E-state index is 10.8. The van der Waals surface area contributed by atoms with Crippen LogP contribution in [0.25, 0.3) is 0 Å². The Hall–Kier alpha value is -0.870. The Morgan fingerprint density at radius 2 is 2.67 bits per heavy atom. The Bertz CT molecular complexity index is 200. The minimum absolute atomic E-state index is 0.0232. The molecule has 1 rings (SSSR count). The van der Waals surface area contributed by atoms with Crippen LogP contribution in [0.3, 0.4) is 0 Å². The van der Waals surface area contributed by atoms with Crippen LogP contribution in [0.4, 0.5) is 0 Å². The second-order valence-corrected chi connectivity index (χ2v) is 2.51. The van der Waals surface area contributed by atoms with Gasteiger partial charge in [-0.05, 0) is 6.92 Å². The minimum Gasteiger partial charge on any atom is -0.350 e. The summed E-state index contributed by atoms with van der Waals surface area (Å²) in [6, 6.07) is 0. The fraction of sp³-hybridized carbons (Fsp3) is 0.625. The van der Waals surface area contributed by atoms with Crippen LogP contribution in [-0.2, 0) is 14.4 Å². The Balaban J connectivity index is 2.42. The van der Waals surface area contributed by atoms with Gasteiger partial charge in [-0.2, -0.15) is 0 Å². The van der Waals surface area contributed by atoms with Crippen molar-refractivity contribution in [2.24, 2.45) is 0 Å². The van der Waals surface area contributed by atoms with E-state index >= 15 is 0 Å². The zero-order valence-corrected chi connectivity index (χ0v) is 7.29. The molecule has 1 unspecified atom stereocenters. The van der Waals surface area contributed by atoms with E-state index in [4.69, 9.17) is 9.57 Å². The van der Waals surface area contributed by atoms with Crippen molar-refractivity contribution >= 4 is 5.78 Å². The van der Waals surface area contributed by atoms with E-state index in [2.05, 4.69) is 5.48 Å². The van der Waals surface area contributed by atoms with Gasteiger partial charge >= 0.3 is 0 Å². The van der Waals surface area contributed by atoms with Crippen molar-refractivity contribution in [2.45, 2.75) is 26.6 Å². The van der Waals surface area contributed by atoms with Gasteiger partial charge in [-0.1, -0.05) is 6.08 Å². The van der Waals surface area contributed by atoms with Crippen LogP contribution in [0, 0.1) is 0 Å². The summed E-state index contributed by atoms with van der Waals surface area (Å²) in [5, 5.41) is 0. The van der Waals surface area contributed by atoms with Gasteiger partial charge in [-0.15, -0.1) is 0 Å². The van der Waals surface area contributed by atoms with E-state index < -0.39 is 0 Å². The number of hydrogen-bond acceptors (Lipinski definition) is 4. The average molecular weight is 171 g/mol. The highest BCUT2D eigenvalue weighted by Gasteiger charge is 2.16. The van der Waals surface area contributed by atoms with E-state index in [9.17, 15) is 4.79 Å². The van der Waals surface area contributed by atoms with Gasteiger partial charge in [0.25, 0.3) is 0 Å². The highest BCUT2D eigenvalue weighted by atomic mass is 16.8. The number of nitrogens with one attached hydrogen (secondary N) is 1. The number of Topliss-reactive ketones (excluding diaryl/α,β-unsaturated/α-hetero) is 1. The van der Waals surface area contributed by atoms with Crippen molar-refractivity contribution in [2.75, 3.05) is 6.61 Å². The van der Waals surface area contributed by atoms with E-state index in [-0.39, 0.29) is 12.1 Å². The highest BCUT2D eigenvalue weighted by Crippen LogP contribution is 2.09. The summed E-state index contributed by atoms with van der Waals surface area (Å²) in [7, 11) is 0. The molecule has 0 spiro atoms. The molecule has 4 heteroatoms. The van der Waals surface area contributed by atoms with Gasteiger partial charge < -0.3 is 4.74 Å². The van der Waals surface area contributed by atoms with E-state index in [0.29, 0.717) is 18.7 Å². The number of carbonyl (C=O) groups is 1. The van der Waals surface area contributed by atoms with Gasteiger partial charge in [-0.25, -0.2) is 4.84 Å². The van der Waals surface area contributed by atoms with Crippen molar-refractivity contribution in [3.8, 4) is 0 Å². The quantitative estimate of drug-likeness (QED) is 0.680. The monoisotopic (exact) mass is 171 g/mol. The lowest BCUT2D eigenvalue weighted by Gasteiger charge is -2.21. The van der Waals surface area contributed by atoms with E-state index in [1.54, 1.807) is 6.08 Å². The molecule has 1 heterocycles. The van der Waals surface area contributed by atoms with Gasteiger partial charge in [0.1, 0.15) is 0 Å². The zero-order chi connectivity index (χ0) is 8.97. The van der Waals surface area contributed by atoms with Crippen molar-refractivity contribution in [1.29, 1.82) is 0 Å². The van der Waals surface area contributed by atoms with Crippen molar-refractivity contribution < 1.29 is 14.4 Å². The lowest BCUT2D eigenvalue weighted by molar-refractivity contribution is -0.175. The summed E-state index contributed by atoms with van der Waals surface area (Å²) in [6.07, 6.45) is 2.14. The summed E-state index contributed by atoms with van der Waals surface area (Å²) in [4.78, 5) is 15.8. The fourth-order valence-electron chi connectivity index (χ4n) is 0.937. The molecular formula is C8H13NO3. The van der Waals surface area contributed by atoms with Crippen molar-refractivity contribution in [3.63, 3.8) is 0 Å². The molecule has 0 aromatic carbocycles. The van der Waals surface area contributed by atoms with Crippen LogP contribution in [0.15, 0.2) is 11.8 Å². The molecule has 0 aromatic heterocycles. The molecule has 1 atom stereocenters. The number of allylic oxidation sites excluding steroid dienone is 1. The zero-order valence-electron chi connectivity index (χ0n) is 7.29. The van der Waals surface area contributed by atoms with E-state index in [0.717, 1.165) is 0 Å². The molecular weight excluding hydrogens is 158 g/mol. The summed E-state index contributed by atoms with van der Waals surface area (Å²) in [5.41, 5.74) is 3.05. The van der Waals surface area contributed by atoms with Gasteiger partial charge in [0, 0.05) is 20.0 Å². The molecule has 0 bridgehead atoms. The van der Waals surface area contributed by atoms with Gasteiger partial charge in [0.2, 0.25) is 0 Å². The largest absolute Gasteiger partial charge is 0.350 e. The van der Waals surface area contributed by atoms with Crippen molar-refractivity contribution in [1.82, 2.24) is 5.48 Å². The Labute approximate surface area is 71.5 Å². The molecule has 1 N–H and O–H groups in total. The Morgan fingerprint density at radius 1 is 1.92 bits per heavy atom. The molecule has 0 saturated heterocycles. The van der Waals surface area contributed by atoms with Crippen LogP contribution in [0.1, 0.15) is 20.3 Å². The SMILES string of the molecule is CCOC1CC=C(C(C)=O)NO1. The molecule has 0 radical (unpaired) electrons. The maximum Gasteiger partial charge on any atom is 0.187 e. The molecule has 0 aromatic rings. The summed E-state index contributed by atoms with van der Waals surface area (Å²) < 4.78 is 5.17. The number of carbonyl (C=O) groups excluding carboxylic acids is 1. The van der Waals surface area contributed by atoms with Crippen LogP contribution in [0.5, 0.6) is 0 Å². The first-order valence-corrected chi connectivity index (χ1v) is 3.98. The topological polar surface area (TPSA) is 47.6 Å². The first kappa shape index (κ1) is 9.22. The molecule has 0 fully saturated rings. The third kappa shape index (κ3) is 2.32. The van der Waals surface area contributed by atoms with Crippen LogP contribution in [0.2, 0.25) is 0 Å². The number of hydroxylamine groups is 1. The standard InChI is InChI=1S/C8H13NO3/c1-3-11-8-5-4-7(6(2)10)9-12-8/h4,8-9H,3,5H2,1-2H3. The first-order chi connectivity index (χ1) is 5.74. The average Bonchev–Trinajstić information content (AvgIpc) is 2.06. The van der Waals surface area contributed by atoms with Crippen LogP contribution in [-0.4, -0.2) is 18.7 Å². The smallest absolute Gasteiger partial charge is 0.187 e. The Kier molecular flexibility index (Phi) is 3.25. The van der Waals surface area contributed by atoms with Gasteiger partial charge in [0.15, 0.2) is 12.1 Å². The molecule has 1 aliphatic heterocycles. The lowest BCUT2D eigenvalue weighted by Crippen LogP contribution is -2.32. The predicted octanol–water partition coefficient (Wildman–Crippen LogP) is 0.747. The number of hydrogen-bond donors (Lipinski definition) is 1. The lowest BCUT2D eigenvalue weighted by atomic mass is 10.2. The summed E-state index contributed by atoms with van der Waals surface area (Å²) >= 11 is 0. The minimum atomic E-state index is -0.266. The summed E-state index contributed by atoms with van der Waals surface area (Å²) in [5.74, 6) is -0.0232. The summed E-state index contributed by atoms with van der Waals surface area (Å²) in [6.45, 7) is 3.99. The molecule has 1 aliphatic rings. The van der Waals surface area contributed by atoms with E-state index in [1.807, 2.05) is 6.92 Å². The van der Waals surface area contributed by atoms with E-state index in [1.165, 1.54) is 6.92 Å². The normalized spacial score (nSPS) is 22.8. The van der Waals surface area contributed by atoms with Crippen LogP contribution < -0.4 is 5.48 Å². The number of rotatable bonds is 3. The number of ether oxygens (including phenoxy) is 1. The Morgan fingerprint density at radius 3 is 3.08 bits per heavy atom. The van der Waals surface area contributed by atoms with Gasteiger partial charge in [-0.3, -0.25) is 10.3 Å². The van der Waals surface area contributed by atoms with Gasteiger partial charge in [0.05, 0.1) is 5.70 Å². The third-order valence-corrected chi connectivity index (χ3v) is 1.55. The molecule has 4 nitrogen and oxygen atoms in total. The second-order valence-electron chi connectivity index (χ2n) is 2.51. The molecule has 0 saturated carbocycles. The second kappa shape index (κ2) is 4.23. The first-order valence-electron chi connectivity index (χ1n) is 3.98. The van der Waals surface area contributed by atoms with Crippen molar-refractivity contribution in [3.05, 3.63) is 11.8 Å².